The topological polar surface area (TPSA) is 96.4 Å². The lowest BCUT2D eigenvalue weighted by Crippen LogP contribution is -2.59. The molecule has 4 aliphatic heterocycles. The molecule has 1 aromatic rings. The summed E-state index contributed by atoms with van der Waals surface area (Å²) < 4.78 is 12.2. The average Bonchev–Trinajstić information content (AvgIpc) is 3.10. The molecule has 0 saturated carbocycles. The molecule has 6 atom stereocenters. The molecule has 1 unspecified atom stereocenters. The first kappa shape index (κ1) is 25.7. The number of amides is 2. The second-order valence-corrected chi connectivity index (χ2v) is 11.3. The van der Waals surface area contributed by atoms with Crippen molar-refractivity contribution in [2.24, 2.45) is 17.8 Å². The fraction of sp³-hybridized carbons (Fsp3) is 0.552. The SMILES string of the molecule is Cc1cccc(C)c1N1CC=C[C@]23O[C@@]4(C)C=CCOC(=O)[C@H]4[C@H]2C(=O)N([C@@H](CO)CC(C)C)C3C1=O. The molecule has 1 aromatic carbocycles. The molecule has 4 aliphatic rings. The van der Waals surface area contributed by atoms with Crippen molar-refractivity contribution in [3.05, 3.63) is 53.6 Å². The third-order valence-corrected chi connectivity index (χ3v) is 8.31. The van der Waals surface area contributed by atoms with Crippen LogP contribution in [0.15, 0.2) is 42.5 Å². The molecule has 1 spiro atoms. The molecule has 8 heteroatoms. The maximum Gasteiger partial charge on any atom is 0.313 e. The summed E-state index contributed by atoms with van der Waals surface area (Å²) in [5, 5.41) is 10.4. The number of para-hydroxylation sites is 1. The number of ether oxygens (including phenoxy) is 2. The van der Waals surface area contributed by atoms with Crippen LogP contribution >= 0.6 is 0 Å². The first-order valence-corrected chi connectivity index (χ1v) is 13.1. The predicted molar refractivity (Wildman–Crippen MR) is 138 cm³/mol. The highest BCUT2D eigenvalue weighted by atomic mass is 16.6. The van der Waals surface area contributed by atoms with E-state index in [4.69, 9.17) is 9.47 Å². The van der Waals surface area contributed by atoms with Gasteiger partial charge in [0.15, 0.2) is 0 Å². The monoisotopic (exact) mass is 508 g/mol. The lowest BCUT2D eigenvalue weighted by atomic mass is 9.75. The van der Waals surface area contributed by atoms with Crippen molar-refractivity contribution < 1.29 is 29.0 Å². The Bertz CT molecular complexity index is 1170. The number of anilines is 1. The van der Waals surface area contributed by atoms with Crippen LogP contribution in [0.4, 0.5) is 5.69 Å². The number of carbonyl (C=O) groups excluding carboxylic acids is 3. The van der Waals surface area contributed by atoms with E-state index in [2.05, 4.69) is 0 Å². The summed E-state index contributed by atoms with van der Waals surface area (Å²) in [5.41, 5.74) is 0.212. The van der Waals surface area contributed by atoms with Crippen molar-refractivity contribution in [3.63, 3.8) is 0 Å². The number of fused-ring (bicyclic) bond motifs is 2. The van der Waals surface area contributed by atoms with Gasteiger partial charge in [-0.3, -0.25) is 14.4 Å². The molecule has 0 bridgehead atoms. The lowest BCUT2D eigenvalue weighted by Gasteiger charge is -2.40. The predicted octanol–water partition coefficient (Wildman–Crippen LogP) is 2.70. The fourth-order valence-corrected chi connectivity index (χ4v) is 6.94. The molecule has 0 radical (unpaired) electrons. The number of likely N-dealkylation sites (tertiary alicyclic amines) is 1. The van der Waals surface area contributed by atoms with E-state index in [0.29, 0.717) is 13.0 Å². The van der Waals surface area contributed by atoms with Gasteiger partial charge in [-0.2, -0.15) is 0 Å². The number of carbonyl (C=O) groups is 3. The Balaban J connectivity index is 1.70. The second kappa shape index (κ2) is 9.10. The minimum Gasteiger partial charge on any atom is -0.461 e. The Kier molecular flexibility index (Phi) is 6.31. The number of hydrogen-bond donors (Lipinski definition) is 1. The van der Waals surface area contributed by atoms with Gasteiger partial charge in [-0.05, 0) is 50.3 Å². The van der Waals surface area contributed by atoms with Crippen molar-refractivity contribution >= 4 is 23.5 Å². The molecule has 4 heterocycles. The molecule has 5 rings (SSSR count). The zero-order valence-corrected chi connectivity index (χ0v) is 22.1. The molecule has 37 heavy (non-hydrogen) atoms. The van der Waals surface area contributed by atoms with E-state index in [-0.39, 0.29) is 30.9 Å². The number of esters is 1. The molecule has 0 aliphatic carbocycles. The fourth-order valence-electron chi connectivity index (χ4n) is 6.94. The highest BCUT2D eigenvalue weighted by molar-refractivity contribution is 6.06. The van der Waals surface area contributed by atoms with Crippen LogP contribution in [-0.2, 0) is 23.9 Å². The molecule has 2 fully saturated rings. The first-order chi connectivity index (χ1) is 17.6. The molecular formula is C29H36N2O6. The maximum absolute atomic E-state index is 14.6. The van der Waals surface area contributed by atoms with Crippen molar-refractivity contribution in [1.29, 1.82) is 0 Å². The third kappa shape index (κ3) is 3.76. The van der Waals surface area contributed by atoms with Crippen LogP contribution in [0.2, 0.25) is 0 Å². The Morgan fingerprint density at radius 2 is 1.76 bits per heavy atom. The second-order valence-electron chi connectivity index (χ2n) is 11.3. The van der Waals surface area contributed by atoms with Crippen molar-refractivity contribution in [3.8, 4) is 0 Å². The normalized spacial score (nSPS) is 33.7. The van der Waals surface area contributed by atoms with Crippen LogP contribution in [-0.4, -0.2) is 70.8 Å². The van der Waals surface area contributed by atoms with E-state index in [9.17, 15) is 19.5 Å². The van der Waals surface area contributed by atoms with E-state index in [1.807, 2.05) is 58.0 Å². The quantitative estimate of drug-likeness (QED) is 0.485. The number of benzene rings is 1. The van der Waals surface area contributed by atoms with Gasteiger partial charge in [0.05, 0.1) is 24.2 Å². The van der Waals surface area contributed by atoms with Gasteiger partial charge in [0.25, 0.3) is 5.91 Å². The Labute approximate surface area is 217 Å². The Morgan fingerprint density at radius 1 is 1.05 bits per heavy atom. The zero-order valence-electron chi connectivity index (χ0n) is 22.1. The summed E-state index contributed by atoms with van der Waals surface area (Å²) >= 11 is 0. The summed E-state index contributed by atoms with van der Waals surface area (Å²) in [7, 11) is 0. The van der Waals surface area contributed by atoms with Crippen LogP contribution < -0.4 is 4.90 Å². The Hall–Kier alpha value is -2.97. The number of nitrogens with zero attached hydrogens (tertiary/aromatic N) is 2. The van der Waals surface area contributed by atoms with Gasteiger partial charge in [0.1, 0.15) is 24.2 Å². The van der Waals surface area contributed by atoms with Gasteiger partial charge >= 0.3 is 5.97 Å². The summed E-state index contributed by atoms with van der Waals surface area (Å²) in [5.74, 6) is -2.83. The Morgan fingerprint density at radius 3 is 2.41 bits per heavy atom. The number of cyclic esters (lactones) is 1. The van der Waals surface area contributed by atoms with E-state index < -0.39 is 41.1 Å². The minimum absolute atomic E-state index is 0.108. The highest BCUT2D eigenvalue weighted by Crippen LogP contribution is 2.58. The summed E-state index contributed by atoms with van der Waals surface area (Å²) in [6, 6.07) is 4.24. The molecule has 2 saturated heterocycles. The van der Waals surface area contributed by atoms with Crippen molar-refractivity contribution in [1.82, 2.24) is 4.90 Å². The van der Waals surface area contributed by atoms with E-state index >= 15 is 0 Å². The standard InChI is InChI=1S/C29H36N2O6/c1-17(2)15-20(16-32)31-24-26(34)30(23-18(3)9-6-10-19(23)4)13-7-12-29(24)21(25(31)33)22-27(35)36-14-8-11-28(22,5)37-29/h6-12,17,20-22,24,32H,13-16H2,1-5H3/t20-,21+,22-,24?,28+,29+/m1/s1. The summed E-state index contributed by atoms with van der Waals surface area (Å²) in [6.07, 6.45) is 7.71. The summed E-state index contributed by atoms with van der Waals surface area (Å²) in [4.78, 5) is 45.4. The number of hydrogen-bond acceptors (Lipinski definition) is 6. The van der Waals surface area contributed by atoms with Crippen LogP contribution in [0.5, 0.6) is 0 Å². The molecular weight excluding hydrogens is 472 g/mol. The van der Waals surface area contributed by atoms with Crippen molar-refractivity contribution in [2.45, 2.75) is 64.3 Å². The largest absolute Gasteiger partial charge is 0.461 e. The van der Waals surface area contributed by atoms with Gasteiger partial charge in [-0.1, -0.05) is 50.3 Å². The molecule has 0 aromatic heterocycles. The third-order valence-electron chi connectivity index (χ3n) is 8.31. The number of aliphatic hydroxyl groups is 1. The average molecular weight is 509 g/mol. The maximum atomic E-state index is 14.6. The number of rotatable bonds is 5. The lowest BCUT2D eigenvalue weighted by molar-refractivity contribution is -0.158. The van der Waals surface area contributed by atoms with Crippen LogP contribution in [0, 0.1) is 31.6 Å². The molecule has 1 N–H and O–H groups in total. The van der Waals surface area contributed by atoms with Crippen LogP contribution in [0.25, 0.3) is 0 Å². The number of aliphatic hydroxyl groups excluding tert-OH is 1. The van der Waals surface area contributed by atoms with E-state index in [1.165, 1.54) is 4.90 Å². The molecule has 198 valence electrons. The van der Waals surface area contributed by atoms with Gasteiger partial charge in [-0.25, -0.2) is 0 Å². The zero-order chi connectivity index (χ0) is 26.7. The molecule has 8 nitrogen and oxygen atoms in total. The van der Waals surface area contributed by atoms with Gasteiger partial charge < -0.3 is 24.4 Å². The van der Waals surface area contributed by atoms with Crippen molar-refractivity contribution in [2.75, 3.05) is 24.7 Å². The first-order valence-electron chi connectivity index (χ1n) is 13.1. The van der Waals surface area contributed by atoms with Crippen LogP contribution in [0.3, 0.4) is 0 Å². The van der Waals surface area contributed by atoms with Gasteiger partial charge in [0.2, 0.25) is 5.91 Å². The van der Waals surface area contributed by atoms with E-state index in [1.54, 1.807) is 24.0 Å². The minimum atomic E-state index is -1.37. The van der Waals surface area contributed by atoms with Gasteiger partial charge in [0, 0.05) is 12.2 Å². The summed E-state index contributed by atoms with van der Waals surface area (Å²) in [6.45, 7) is 9.84. The molecule has 2 amide bonds. The highest BCUT2D eigenvalue weighted by Gasteiger charge is 2.75. The van der Waals surface area contributed by atoms with E-state index in [0.717, 1.165) is 16.8 Å². The van der Waals surface area contributed by atoms with Gasteiger partial charge in [-0.15, -0.1) is 0 Å². The van der Waals surface area contributed by atoms with Crippen LogP contribution in [0.1, 0.15) is 38.3 Å². The number of aryl methyl sites for hydroxylation is 2. The smallest absolute Gasteiger partial charge is 0.313 e.